The Labute approximate surface area is 163 Å². The first-order chi connectivity index (χ1) is 13.1. The van der Waals surface area contributed by atoms with E-state index in [0.717, 1.165) is 18.2 Å². The van der Waals surface area contributed by atoms with E-state index in [-0.39, 0.29) is 16.1 Å². The number of hydrogen-bond donors (Lipinski definition) is 1. The zero-order chi connectivity index (χ0) is 21.1. The van der Waals surface area contributed by atoms with Gasteiger partial charge in [0.05, 0.1) is 16.3 Å². The molecule has 0 aromatic heterocycles. The fraction of sp³-hybridized carbons (Fsp3) is 0.316. The monoisotopic (exact) mass is 411 g/mol. The summed E-state index contributed by atoms with van der Waals surface area (Å²) < 4.78 is 53.4. The lowest BCUT2D eigenvalue weighted by atomic mass is 10.2. The van der Waals surface area contributed by atoms with Gasteiger partial charge in [-0.15, -0.1) is 0 Å². The van der Waals surface area contributed by atoms with Crippen LogP contribution in [0, 0.1) is 11.6 Å². The number of hydrogen-bond acceptors (Lipinski definition) is 4. The summed E-state index contributed by atoms with van der Waals surface area (Å²) in [5.74, 6) is -2.88. The van der Waals surface area contributed by atoms with Gasteiger partial charge in [-0.25, -0.2) is 17.2 Å². The van der Waals surface area contributed by atoms with E-state index in [4.69, 9.17) is 0 Å². The molecule has 2 rings (SSSR count). The summed E-state index contributed by atoms with van der Waals surface area (Å²) in [5.41, 5.74) is 0.725. The number of anilines is 2. The van der Waals surface area contributed by atoms with Gasteiger partial charge in [0.1, 0.15) is 0 Å². The molecular weight excluding hydrogens is 388 g/mol. The van der Waals surface area contributed by atoms with Gasteiger partial charge in [-0.1, -0.05) is 13.8 Å². The van der Waals surface area contributed by atoms with Gasteiger partial charge in [0.2, 0.25) is 10.0 Å². The smallest absolute Gasteiger partial charge is 0.255 e. The third-order valence-electron chi connectivity index (χ3n) is 4.22. The highest BCUT2D eigenvalue weighted by atomic mass is 32.2. The van der Waals surface area contributed by atoms with E-state index in [1.54, 1.807) is 38.9 Å². The van der Waals surface area contributed by atoms with Crippen LogP contribution in [0.5, 0.6) is 0 Å². The van der Waals surface area contributed by atoms with Crippen molar-refractivity contribution in [2.45, 2.75) is 18.7 Å². The highest BCUT2D eigenvalue weighted by molar-refractivity contribution is 7.89. The molecule has 0 heterocycles. The summed E-state index contributed by atoms with van der Waals surface area (Å²) >= 11 is 0. The van der Waals surface area contributed by atoms with Crippen molar-refractivity contribution in [1.82, 2.24) is 4.31 Å². The van der Waals surface area contributed by atoms with Crippen molar-refractivity contribution in [3.63, 3.8) is 0 Å². The van der Waals surface area contributed by atoms with Crippen LogP contribution in [0.4, 0.5) is 20.2 Å². The van der Waals surface area contributed by atoms with E-state index in [9.17, 15) is 22.0 Å². The molecule has 2 aromatic rings. The van der Waals surface area contributed by atoms with Crippen molar-refractivity contribution >= 4 is 27.3 Å². The Hall–Kier alpha value is -2.52. The highest BCUT2D eigenvalue weighted by Gasteiger charge is 2.23. The molecule has 1 amide bonds. The molecule has 0 saturated carbocycles. The summed E-state index contributed by atoms with van der Waals surface area (Å²) in [6, 6.07) is 7.21. The van der Waals surface area contributed by atoms with E-state index in [0.29, 0.717) is 18.8 Å². The maximum atomic E-state index is 13.4. The molecule has 152 valence electrons. The Morgan fingerprint density at radius 3 is 2.18 bits per heavy atom. The highest BCUT2D eigenvalue weighted by Crippen LogP contribution is 2.29. The molecule has 0 atom stereocenters. The molecule has 0 aliphatic carbocycles. The number of sulfonamides is 1. The lowest BCUT2D eigenvalue weighted by Gasteiger charge is -2.22. The average molecular weight is 411 g/mol. The number of nitrogens with zero attached hydrogens (tertiary/aromatic N) is 2. The summed E-state index contributed by atoms with van der Waals surface area (Å²) in [6.07, 6.45) is 0. The molecule has 0 radical (unpaired) electrons. The zero-order valence-corrected chi connectivity index (χ0v) is 17.0. The van der Waals surface area contributed by atoms with Gasteiger partial charge in [-0.2, -0.15) is 4.31 Å². The second kappa shape index (κ2) is 8.66. The van der Waals surface area contributed by atoms with E-state index in [2.05, 4.69) is 5.32 Å². The van der Waals surface area contributed by atoms with E-state index < -0.39 is 27.6 Å². The molecule has 0 spiro atoms. The average Bonchev–Trinajstić information content (AvgIpc) is 2.64. The number of carbonyl (C=O) groups is 1. The quantitative estimate of drug-likeness (QED) is 0.759. The fourth-order valence-corrected chi connectivity index (χ4v) is 4.19. The van der Waals surface area contributed by atoms with Gasteiger partial charge < -0.3 is 10.2 Å². The van der Waals surface area contributed by atoms with Crippen LogP contribution in [0.2, 0.25) is 0 Å². The molecule has 0 unspecified atom stereocenters. The van der Waals surface area contributed by atoms with Crippen molar-refractivity contribution in [2.24, 2.45) is 0 Å². The molecule has 0 bridgehead atoms. The second-order valence-corrected chi connectivity index (χ2v) is 8.18. The van der Waals surface area contributed by atoms with Crippen molar-refractivity contribution in [3.8, 4) is 0 Å². The number of halogens is 2. The number of nitrogens with one attached hydrogen (secondary N) is 1. The summed E-state index contributed by atoms with van der Waals surface area (Å²) in [4.78, 5) is 14.2. The van der Waals surface area contributed by atoms with E-state index in [1.807, 2.05) is 0 Å². The van der Waals surface area contributed by atoms with Crippen LogP contribution >= 0.6 is 0 Å². The molecule has 0 aliphatic heterocycles. The Balaban J connectivity index is 2.46. The van der Waals surface area contributed by atoms with Gasteiger partial charge in [-0.05, 0) is 36.4 Å². The van der Waals surface area contributed by atoms with Crippen LogP contribution in [0.3, 0.4) is 0 Å². The van der Waals surface area contributed by atoms with E-state index >= 15 is 0 Å². The molecule has 6 nitrogen and oxygen atoms in total. The molecule has 0 aliphatic rings. The third-order valence-corrected chi connectivity index (χ3v) is 6.27. The molecule has 1 N–H and O–H groups in total. The molecule has 0 fully saturated rings. The van der Waals surface area contributed by atoms with Crippen molar-refractivity contribution < 1.29 is 22.0 Å². The first-order valence-corrected chi connectivity index (χ1v) is 10.1. The number of benzene rings is 2. The Kier molecular flexibility index (Phi) is 6.73. The fourth-order valence-electron chi connectivity index (χ4n) is 2.71. The number of rotatable bonds is 7. The largest absolute Gasteiger partial charge is 0.376 e. The van der Waals surface area contributed by atoms with Gasteiger partial charge in [0.15, 0.2) is 11.6 Å². The van der Waals surface area contributed by atoms with Crippen LogP contribution in [-0.2, 0) is 10.0 Å². The Morgan fingerprint density at radius 2 is 1.64 bits per heavy atom. The van der Waals surface area contributed by atoms with Crippen molar-refractivity contribution in [2.75, 3.05) is 37.4 Å². The van der Waals surface area contributed by atoms with E-state index in [1.165, 1.54) is 16.4 Å². The van der Waals surface area contributed by atoms with Crippen molar-refractivity contribution in [1.29, 1.82) is 0 Å². The first-order valence-electron chi connectivity index (χ1n) is 8.69. The number of amides is 1. The lowest BCUT2D eigenvalue weighted by molar-refractivity contribution is 0.102. The predicted molar refractivity (Wildman–Crippen MR) is 105 cm³/mol. The predicted octanol–water partition coefficient (Wildman–Crippen LogP) is 3.31. The molecule has 0 saturated heterocycles. The van der Waals surface area contributed by atoms with Gasteiger partial charge in [0, 0.05) is 32.7 Å². The summed E-state index contributed by atoms with van der Waals surface area (Å²) in [5, 5.41) is 2.59. The topological polar surface area (TPSA) is 69.7 Å². The van der Waals surface area contributed by atoms with Gasteiger partial charge in [-0.3, -0.25) is 4.79 Å². The normalized spacial score (nSPS) is 11.5. The van der Waals surface area contributed by atoms with Crippen LogP contribution < -0.4 is 10.2 Å². The zero-order valence-electron chi connectivity index (χ0n) is 16.2. The van der Waals surface area contributed by atoms with Gasteiger partial charge in [0.25, 0.3) is 5.91 Å². The molecular formula is C19H23F2N3O3S. The van der Waals surface area contributed by atoms with Crippen LogP contribution in [0.25, 0.3) is 0 Å². The second-order valence-electron chi connectivity index (χ2n) is 6.25. The number of carbonyl (C=O) groups excluding carboxylic acids is 1. The Bertz CT molecular complexity index is 974. The standard InChI is InChI=1S/C19H23F2N3O3S/c1-5-24(6-2)28(26,27)14-8-10-18(23(3)4)17(12-14)22-19(25)13-7-9-15(20)16(21)11-13/h7-12H,5-6H2,1-4H3,(H,22,25). The summed E-state index contributed by atoms with van der Waals surface area (Å²) in [6.45, 7) is 4.09. The molecule has 2 aromatic carbocycles. The maximum Gasteiger partial charge on any atom is 0.255 e. The lowest BCUT2D eigenvalue weighted by Crippen LogP contribution is -2.30. The molecule has 9 heteroatoms. The summed E-state index contributed by atoms with van der Waals surface area (Å²) in [7, 11) is -0.251. The van der Waals surface area contributed by atoms with Gasteiger partial charge >= 0.3 is 0 Å². The minimum Gasteiger partial charge on any atom is -0.376 e. The minimum absolute atomic E-state index is 0.0300. The van der Waals surface area contributed by atoms with Crippen molar-refractivity contribution in [3.05, 3.63) is 53.6 Å². The third kappa shape index (κ3) is 4.48. The molecule has 28 heavy (non-hydrogen) atoms. The SMILES string of the molecule is CCN(CC)S(=O)(=O)c1ccc(N(C)C)c(NC(=O)c2ccc(F)c(F)c2)c1. The first kappa shape index (κ1) is 21.8. The minimum atomic E-state index is -3.72. The van der Waals surface area contributed by atoms with Crippen LogP contribution in [-0.4, -0.2) is 45.8 Å². The maximum absolute atomic E-state index is 13.4. The van der Waals surface area contributed by atoms with Crippen LogP contribution in [0.15, 0.2) is 41.3 Å². The Morgan fingerprint density at radius 1 is 1.00 bits per heavy atom. The van der Waals surface area contributed by atoms with Crippen LogP contribution in [0.1, 0.15) is 24.2 Å².